The fourth-order valence-corrected chi connectivity index (χ4v) is 0.837. The Kier molecular flexibility index (Phi) is 4.34. The van der Waals surface area contributed by atoms with Gasteiger partial charge in [0, 0.05) is 20.8 Å². The first-order valence-electron chi connectivity index (χ1n) is 4.37. The Morgan fingerprint density at radius 1 is 1.50 bits per heavy atom. The largest absolute Gasteiger partial charge is 0.383 e. The van der Waals surface area contributed by atoms with Crippen LogP contribution >= 0.6 is 0 Å². The topological polar surface area (TPSA) is 69.4 Å². The molecule has 1 atom stereocenters. The zero-order valence-corrected chi connectivity index (χ0v) is 8.61. The van der Waals surface area contributed by atoms with Crippen LogP contribution in [0.1, 0.15) is 18.9 Å². The average molecular weight is 201 g/mol. The molecule has 0 fully saturated rings. The lowest BCUT2D eigenvalue weighted by Crippen LogP contribution is -2.07. The van der Waals surface area contributed by atoms with Crippen LogP contribution in [-0.4, -0.2) is 37.5 Å². The summed E-state index contributed by atoms with van der Waals surface area (Å²) in [6, 6.07) is 0.390. The summed E-state index contributed by atoms with van der Waals surface area (Å²) in [6.07, 6.45) is -0.156. The van der Waals surface area contributed by atoms with Crippen molar-refractivity contribution in [2.24, 2.45) is 0 Å². The Bertz CT molecular complexity index is 264. The van der Waals surface area contributed by atoms with E-state index in [1.807, 2.05) is 6.92 Å². The Morgan fingerprint density at radius 2 is 2.29 bits per heavy atom. The van der Waals surface area contributed by atoms with Gasteiger partial charge < -0.3 is 19.3 Å². The third-order valence-corrected chi connectivity index (χ3v) is 1.74. The highest BCUT2D eigenvalue weighted by molar-refractivity contribution is 5.18. The predicted molar refractivity (Wildman–Crippen MR) is 50.1 cm³/mol. The van der Waals surface area contributed by atoms with Crippen LogP contribution in [0.15, 0.2) is 4.52 Å². The van der Waals surface area contributed by atoms with Crippen molar-refractivity contribution in [3.8, 4) is 0 Å². The second-order valence-corrected chi connectivity index (χ2v) is 2.76. The molecule has 0 bridgehead atoms. The van der Waals surface area contributed by atoms with E-state index in [0.29, 0.717) is 25.0 Å². The molecule has 80 valence electrons. The monoisotopic (exact) mass is 201 g/mol. The number of hydrogen-bond acceptors (Lipinski definition) is 6. The summed E-state index contributed by atoms with van der Waals surface area (Å²) < 4.78 is 14.8. The highest BCUT2D eigenvalue weighted by Gasteiger charge is 2.11. The van der Waals surface area contributed by atoms with Crippen LogP contribution in [0.2, 0.25) is 0 Å². The van der Waals surface area contributed by atoms with E-state index >= 15 is 0 Å². The number of ether oxygens (including phenoxy) is 2. The molecular weight excluding hydrogens is 186 g/mol. The fraction of sp³-hybridized carbons (Fsp3) is 0.750. The number of methoxy groups -OCH3 is 2. The van der Waals surface area contributed by atoms with Crippen LogP contribution in [-0.2, 0) is 9.47 Å². The molecule has 14 heavy (non-hydrogen) atoms. The van der Waals surface area contributed by atoms with Gasteiger partial charge in [0.2, 0.25) is 5.82 Å². The van der Waals surface area contributed by atoms with E-state index in [1.165, 1.54) is 0 Å². The third-order valence-electron chi connectivity index (χ3n) is 1.74. The van der Waals surface area contributed by atoms with Gasteiger partial charge >= 0.3 is 6.01 Å². The minimum absolute atomic E-state index is 0.156. The van der Waals surface area contributed by atoms with Crippen LogP contribution in [0, 0.1) is 0 Å². The maximum atomic E-state index is 5.04. The number of rotatable bonds is 6. The van der Waals surface area contributed by atoms with Crippen molar-refractivity contribution in [2.75, 3.05) is 32.7 Å². The quantitative estimate of drug-likeness (QED) is 0.687. The first-order chi connectivity index (χ1) is 6.77. The maximum Gasteiger partial charge on any atom is 0.321 e. The van der Waals surface area contributed by atoms with Gasteiger partial charge in [0.05, 0.1) is 6.61 Å². The smallest absolute Gasteiger partial charge is 0.321 e. The van der Waals surface area contributed by atoms with Gasteiger partial charge in [0.25, 0.3) is 0 Å². The van der Waals surface area contributed by atoms with E-state index in [4.69, 9.17) is 14.0 Å². The van der Waals surface area contributed by atoms with E-state index in [9.17, 15) is 0 Å². The molecule has 0 aliphatic heterocycles. The van der Waals surface area contributed by atoms with E-state index in [2.05, 4.69) is 15.5 Å². The number of nitrogens with one attached hydrogen (secondary N) is 1. The molecule has 1 heterocycles. The molecular formula is C8H15N3O3. The summed E-state index contributed by atoms with van der Waals surface area (Å²) in [4.78, 5) is 4.08. The van der Waals surface area contributed by atoms with Gasteiger partial charge in [-0.1, -0.05) is 5.16 Å². The first kappa shape index (κ1) is 10.9. The van der Waals surface area contributed by atoms with Crippen molar-refractivity contribution in [3.05, 3.63) is 5.82 Å². The second kappa shape index (κ2) is 5.56. The van der Waals surface area contributed by atoms with Crippen LogP contribution < -0.4 is 5.32 Å². The van der Waals surface area contributed by atoms with Gasteiger partial charge in [0.1, 0.15) is 6.10 Å². The predicted octanol–water partition coefficient (Wildman–Crippen LogP) is 0.835. The molecule has 0 radical (unpaired) electrons. The molecule has 0 aromatic carbocycles. The highest BCUT2D eigenvalue weighted by Crippen LogP contribution is 2.13. The van der Waals surface area contributed by atoms with E-state index < -0.39 is 0 Å². The lowest BCUT2D eigenvalue weighted by atomic mass is 10.4. The molecule has 1 rings (SSSR count). The second-order valence-electron chi connectivity index (χ2n) is 2.76. The van der Waals surface area contributed by atoms with Crippen LogP contribution in [0.5, 0.6) is 0 Å². The summed E-state index contributed by atoms with van der Waals surface area (Å²) in [6.45, 7) is 3.08. The molecule has 0 spiro atoms. The Balaban J connectivity index is 2.42. The highest BCUT2D eigenvalue weighted by atomic mass is 16.5. The number of anilines is 1. The number of aromatic nitrogens is 2. The Hall–Kier alpha value is -1.14. The molecule has 1 unspecified atom stereocenters. The van der Waals surface area contributed by atoms with E-state index in [0.717, 1.165) is 0 Å². The van der Waals surface area contributed by atoms with Crippen molar-refractivity contribution in [1.82, 2.24) is 10.1 Å². The maximum absolute atomic E-state index is 5.04. The summed E-state index contributed by atoms with van der Waals surface area (Å²) in [5.74, 6) is 0.535. The number of hydrogen-bond donors (Lipinski definition) is 1. The lowest BCUT2D eigenvalue weighted by Gasteiger charge is -2.01. The molecule has 0 saturated heterocycles. The van der Waals surface area contributed by atoms with E-state index in [-0.39, 0.29) is 6.10 Å². The molecule has 0 amide bonds. The van der Waals surface area contributed by atoms with Crippen molar-refractivity contribution in [2.45, 2.75) is 13.0 Å². The normalized spacial score (nSPS) is 12.8. The first-order valence-corrected chi connectivity index (χ1v) is 4.37. The molecule has 1 N–H and O–H groups in total. The summed E-state index contributed by atoms with van der Waals surface area (Å²) in [7, 11) is 3.23. The van der Waals surface area contributed by atoms with Gasteiger partial charge in [-0.3, -0.25) is 0 Å². The average Bonchev–Trinajstić information content (AvgIpc) is 2.66. The SMILES string of the molecule is COCCNc1nc(C(C)OC)no1. The molecule has 0 aliphatic rings. The van der Waals surface area contributed by atoms with Gasteiger partial charge in [0.15, 0.2) is 0 Å². The zero-order valence-electron chi connectivity index (χ0n) is 8.61. The standard InChI is InChI=1S/C8H15N3O3/c1-6(13-3)7-10-8(14-11-7)9-4-5-12-2/h6H,4-5H2,1-3H3,(H,9,10,11). The van der Waals surface area contributed by atoms with E-state index in [1.54, 1.807) is 14.2 Å². The van der Waals surface area contributed by atoms with Crippen LogP contribution in [0.4, 0.5) is 6.01 Å². The molecule has 6 nitrogen and oxygen atoms in total. The van der Waals surface area contributed by atoms with Gasteiger partial charge in [-0.15, -0.1) is 0 Å². The fourth-order valence-electron chi connectivity index (χ4n) is 0.837. The number of nitrogens with zero attached hydrogens (tertiary/aromatic N) is 2. The van der Waals surface area contributed by atoms with Crippen molar-refractivity contribution < 1.29 is 14.0 Å². The van der Waals surface area contributed by atoms with Gasteiger partial charge in [-0.25, -0.2) is 0 Å². The van der Waals surface area contributed by atoms with Crippen molar-refractivity contribution in [1.29, 1.82) is 0 Å². The summed E-state index contributed by atoms with van der Waals surface area (Å²) in [5, 5.41) is 6.68. The molecule has 0 saturated carbocycles. The molecule has 1 aromatic heterocycles. The third kappa shape index (κ3) is 2.97. The molecule has 0 aliphatic carbocycles. The van der Waals surface area contributed by atoms with Gasteiger partial charge in [-0.05, 0) is 6.92 Å². The lowest BCUT2D eigenvalue weighted by molar-refractivity contribution is 0.109. The minimum atomic E-state index is -0.156. The molecule has 6 heteroatoms. The summed E-state index contributed by atoms with van der Waals surface area (Å²) >= 11 is 0. The molecule has 1 aromatic rings. The van der Waals surface area contributed by atoms with Crippen molar-refractivity contribution >= 4 is 6.01 Å². The van der Waals surface area contributed by atoms with Crippen LogP contribution in [0.3, 0.4) is 0 Å². The zero-order chi connectivity index (χ0) is 10.4. The minimum Gasteiger partial charge on any atom is -0.383 e. The van der Waals surface area contributed by atoms with Gasteiger partial charge in [-0.2, -0.15) is 4.98 Å². The Labute approximate surface area is 82.6 Å². The van der Waals surface area contributed by atoms with Crippen LogP contribution in [0.25, 0.3) is 0 Å². The summed E-state index contributed by atoms with van der Waals surface area (Å²) in [5.41, 5.74) is 0. The Morgan fingerprint density at radius 3 is 2.93 bits per heavy atom. The van der Waals surface area contributed by atoms with Crippen molar-refractivity contribution in [3.63, 3.8) is 0 Å².